The molecule has 0 aromatic heterocycles. The maximum absolute atomic E-state index is 13.2. The van der Waals surface area contributed by atoms with Gasteiger partial charge in [0.05, 0.1) is 23.1 Å². The molecule has 0 N–H and O–H groups in total. The molecule has 1 aliphatic carbocycles. The molecule has 2 heterocycles. The minimum atomic E-state index is -0.289. The van der Waals surface area contributed by atoms with Crippen LogP contribution in [0.5, 0.6) is 0 Å². The first-order chi connectivity index (χ1) is 13.1. The van der Waals surface area contributed by atoms with Crippen LogP contribution in [-0.4, -0.2) is 35.7 Å². The van der Waals surface area contributed by atoms with Crippen molar-refractivity contribution in [1.82, 2.24) is 4.90 Å². The van der Waals surface area contributed by atoms with E-state index in [-0.39, 0.29) is 29.6 Å². The van der Waals surface area contributed by atoms with E-state index < -0.39 is 0 Å². The first kappa shape index (κ1) is 18.0. The van der Waals surface area contributed by atoms with E-state index in [4.69, 9.17) is 0 Å². The molecule has 0 saturated carbocycles. The molecule has 1 aromatic carbocycles. The highest BCUT2D eigenvalue weighted by Gasteiger charge is 2.49. The highest BCUT2D eigenvalue weighted by atomic mass is 16.2. The normalized spacial score (nSPS) is 25.9. The molecule has 2 atom stereocenters. The number of carbonyl (C=O) groups excluding carboxylic acids is 3. The summed E-state index contributed by atoms with van der Waals surface area (Å²) < 4.78 is 0. The summed E-state index contributed by atoms with van der Waals surface area (Å²) in [5, 5.41) is 0. The zero-order valence-corrected chi connectivity index (χ0v) is 15.8. The minimum Gasteiger partial charge on any atom is -0.339 e. The predicted molar refractivity (Wildman–Crippen MR) is 103 cm³/mol. The van der Waals surface area contributed by atoms with Crippen LogP contribution in [-0.2, 0) is 9.59 Å². The zero-order valence-electron chi connectivity index (χ0n) is 15.8. The van der Waals surface area contributed by atoms with Crippen molar-refractivity contribution in [2.75, 3.05) is 18.0 Å². The quantitative estimate of drug-likeness (QED) is 0.594. The molecular weight excluding hydrogens is 340 g/mol. The number of imide groups is 1. The van der Waals surface area contributed by atoms with E-state index in [0.29, 0.717) is 24.1 Å². The van der Waals surface area contributed by atoms with Gasteiger partial charge in [-0.05, 0) is 44.7 Å². The molecule has 0 radical (unpaired) electrons. The molecule has 4 rings (SSSR count). The summed E-state index contributed by atoms with van der Waals surface area (Å²) in [5.41, 5.74) is 2.08. The lowest BCUT2D eigenvalue weighted by Gasteiger charge is -2.24. The Morgan fingerprint density at radius 1 is 0.963 bits per heavy atom. The van der Waals surface area contributed by atoms with E-state index in [2.05, 4.69) is 6.08 Å². The lowest BCUT2D eigenvalue weighted by Crippen LogP contribution is -2.36. The van der Waals surface area contributed by atoms with Gasteiger partial charge in [0.25, 0.3) is 5.91 Å². The molecule has 2 aliphatic heterocycles. The molecule has 3 amide bonds. The summed E-state index contributed by atoms with van der Waals surface area (Å²) in [6.45, 7) is 3.49. The van der Waals surface area contributed by atoms with Crippen LogP contribution < -0.4 is 4.90 Å². The van der Waals surface area contributed by atoms with Crippen molar-refractivity contribution in [2.45, 2.75) is 45.4 Å². The minimum absolute atomic E-state index is 0.0720. The van der Waals surface area contributed by atoms with Gasteiger partial charge in [0.15, 0.2) is 0 Å². The number of likely N-dealkylation sites (tertiary alicyclic amines) is 1. The van der Waals surface area contributed by atoms with Gasteiger partial charge in [0.2, 0.25) is 11.8 Å². The first-order valence-electron chi connectivity index (χ1n) is 9.99. The number of carbonyl (C=O) groups is 3. The third kappa shape index (κ3) is 3.20. The number of fused-ring (bicyclic) bond motifs is 1. The van der Waals surface area contributed by atoms with Crippen LogP contribution in [0, 0.1) is 11.8 Å². The molecule has 142 valence electrons. The van der Waals surface area contributed by atoms with Gasteiger partial charge >= 0.3 is 0 Å². The summed E-state index contributed by atoms with van der Waals surface area (Å²) in [7, 11) is 0. The second-order valence-corrected chi connectivity index (χ2v) is 7.94. The van der Waals surface area contributed by atoms with Crippen LogP contribution >= 0.6 is 0 Å². The topological polar surface area (TPSA) is 57.7 Å². The lowest BCUT2D eigenvalue weighted by molar-refractivity contribution is -0.122. The predicted octanol–water partition coefficient (Wildman–Crippen LogP) is 3.55. The fourth-order valence-corrected chi connectivity index (χ4v) is 4.57. The van der Waals surface area contributed by atoms with Crippen LogP contribution in [0.3, 0.4) is 0 Å². The second kappa shape index (κ2) is 7.29. The molecule has 27 heavy (non-hydrogen) atoms. The summed E-state index contributed by atoms with van der Waals surface area (Å²) in [6.07, 6.45) is 7.60. The SMILES string of the molecule is CC1=CC[C@@H]2C(=O)N(c3ccccc3C(=O)N3CCCCCC3)C(=O)[C@@H]2C1. The largest absolute Gasteiger partial charge is 0.339 e. The highest BCUT2D eigenvalue weighted by Crippen LogP contribution is 2.40. The highest BCUT2D eigenvalue weighted by molar-refractivity contribution is 6.24. The van der Waals surface area contributed by atoms with E-state index in [1.54, 1.807) is 24.3 Å². The maximum Gasteiger partial charge on any atom is 0.255 e. The second-order valence-electron chi connectivity index (χ2n) is 7.94. The molecule has 0 unspecified atom stereocenters. The molecule has 3 aliphatic rings. The van der Waals surface area contributed by atoms with Gasteiger partial charge < -0.3 is 4.90 Å². The van der Waals surface area contributed by atoms with Crippen LogP contribution in [0.15, 0.2) is 35.9 Å². The number of hydrogen-bond donors (Lipinski definition) is 0. The van der Waals surface area contributed by atoms with Crippen LogP contribution in [0.1, 0.15) is 55.8 Å². The van der Waals surface area contributed by atoms with E-state index in [1.807, 2.05) is 11.8 Å². The van der Waals surface area contributed by atoms with Gasteiger partial charge in [0.1, 0.15) is 0 Å². The molecule has 1 aromatic rings. The van der Waals surface area contributed by atoms with Crippen molar-refractivity contribution >= 4 is 23.4 Å². The fourth-order valence-electron chi connectivity index (χ4n) is 4.57. The number of allylic oxidation sites excluding steroid dienone is 2. The Bertz CT molecular complexity index is 806. The summed E-state index contributed by atoms with van der Waals surface area (Å²) in [6, 6.07) is 7.08. The Labute approximate surface area is 160 Å². The molecule has 5 heteroatoms. The van der Waals surface area contributed by atoms with Gasteiger partial charge in [0, 0.05) is 13.1 Å². The molecular formula is C22H26N2O3. The molecule has 0 spiro atoms. The lowest BCUT2D eigenvalue weighted by atomic mass is 9.82. The van der Waals surface area contributed by atoms with Gasteiger partial charge in [-0.15, -0.1) is 0 Å². The molecule has 5 nitrogen and oxygen atoms in total. The van der Waals surface area contributed by atoms with Crippen LogP contribution in [0.2, 0.25) is 0 Å². The fraction of sp³-hybridized carbons (Fsp3) is 0.500. The number of hydrogen-bond acceptors (Lipinski definition) is 3. The Morgan fingerprint density at radius 3 is 2.37 bits per heavy atom. The number of amides is 3. The average Bonchev–Trinajstić information content (AvgIpc) is 2.87. The number of nitrogens with zero attached hydrogens (tertiary/aromatic N) is 2. The third-order valence-electron chi connectivity index (χ3n) is 6.09. The van der Waals surface area contributed by atoms with Crippen LogP contribution in [0.25, 0.3) is 0 Å². The van der Waals surface area contributed by atoms with E-state index >= 15 is 0 Å². The Balaban J connectivity index is 1.66. The number of anilines is 1. The third-order valence-corrected chi connectivity index (χ3v) is 6.09. The van der Waals surface area contributed by atoms with Crippen molar-refractivity contribution in [1.29, 1.82) is 0 Å². The molecule has 2 fully saturated rings. The van der Waals surface area contributed by atoms with E-state index in [1.165, 1.54) is 4.90 Å². The summed E-state index contributed by atoms with van der Waals surface area (Å²) >= 11 is 0. The van der Waals surface area contributed by atoms with Crippen molar-refractivity contribution in [3.63, 3.8) is 0 Å². The van der Waals surface area contributed by atoms with Crippen molar-refractivity contribution in [2.24, 2.45) is 11.8 Å². The summed E-state index contributed by atoms with van der Waals surface area (Å²) in [4.78, 5) is 42.4. The maximum atomic E-state index is 13.2. The zero-order chi connectivity index (χ0) is 19.0. The molecule has 0 bridgehead atoms. The number of para-hydroxylation sites is 1. The van der Waals surface area contributed by atoms with Crippen molar-refractivity contribution in [3.05, 3.63) is 41.5 Å². The monoisotopic (exact) mass is 366 g/mol. The molecule has 2 saturated heterocycles. The van der Waals surface area contributed by atoms with Crippen molar-refractivity contribution < 1.29 is 14.4 Å². The summed E-state index contributed by atoms with van der Waals surface area (Å²) in [5.74, 6) is -0.970. The Kier molecular flexibility index (Phi) is 4.85. The van der Waals surface area contributed by atoms with Gasteiger partial charge in [-0.3, -0.25) is 14.4 Å². The Morgan fingerprint density at radius 2 is 1.63 bits per heavy atom. The standard InChI is InChI=1S/C22H26N2O3/c1-15-10-11-16-18(14-15)22(27)24(21(16)26)19-9-5-4-8-17(19)20(25)23-12-6-2-3-7-13-23/h4-5,8-10,16,18H,2-3,6-7,11-14H2,1H3/t16-,18+/m0/s1. The number of benzene rings is 1. The average molecular weight is 366 g/mol. The van der Waals surface area contributed by atoms with E-state index in [9.17, 15) is 14.4 Å². The van der Waals surface area contributed by atoms with Gasteiger partial charge in [-0.1, -0.05) is 36.6 Å². The Hall–Kier alpha value is -2.43. The number of rotatable bonds is 2. The van der Waals surface area contributed by atoms with E-state index in [0.717, 1.165) is 44.3 Å². The first-order valence-corrected chi connectivity index (χ1v) is 9.99. The van der Waals surface area contributed by atoms with Gasteiger partial charge in [-0.2, -0.15) is 0 Å². The van der Waals surface area contributed by atoms with Crippen molar-refractivity contribution in [3.8, 4) is 0 Å². The van der Waals surface area contributed by atoms with Gasteiger partial charge in [-0.25, -0.2) is 4.90 Å². The smallest absolute Gasteiger partial charge is 0.255 e. The van der Waals surface area contributed by atoms with Crippen LogP contribution in [0.4, 0.5) is 5.69 Å².